The Hall–Kier alpha value is -3.99. The minimum atomic E-state index is -2.67. The largest absolute Gasteiger partial charge is 0.508 e. The number of aliphatic hydroxyl groups is 3. The van der Waals surface area contributed by atoms with Crippen molar-refractivity contribution in [1.82, 2.24) is 4.90 Å². The number of primary amides is 1. The van der Waals surface area contributed by atoms with Gasteiger partial charge in [0.05, 0.1) is 5.56 Å². The average Bonchev–Trinajstić information content (AvgIpc) is 2.75. The lowest BCUT2D eigenvalue weighted by Gasteiger charge is -2.46. The van der Waals surface area contributed by atoms with Crippen LogP contribution in [0.15, 0.2) is 29.0 Å². The fourth-order valence-electron chi connectivity index (χ4n) is 5.15. The van der Waals surface area contributed by atoms with E-state index in [2.05, 4.69) is 0 Å². The second-order valence-electron chi connectivity index (χ2n) is 8.92. The molecule has 0 heterocycles. The Kier molecular flexibility index (Phi) is 5.13. The first-order valence-electron chi connectivity index (χ1n) is 10.4. The molecule has 11 nitrogen and oxygen atoms in total. The number of fused-ring (bicyclic) bond motifs is 3. The first-order valence-corrected chi connectivity index (χ1v) is 10.4. The Balaban J connectivity index is 1.92. The van der Waals surface area contributed by atoms with Crippen LogP contribution in [0.5, 0.6) is 5.75 Å². The van der Waals surface area contributed by atoms with Crippen LogP contribution in [0.3, 0.4) is 0 Å². The first-order chi connectivity index (χ1) is 15.8. The van der Waals surface area contributed by atoms with Crippen LogP contribution >= 0.6 is 0 Å². The summed E-state index contributed by atoms with van der Waals surface area (Å²) in [6.07, 6.45) is -0.592. The van der Waals surface area contributed by atoms with Crippen molar-refractivity contribution in [3.05, 3.63) is 45.7 Å². The number of ketones is 3. The van der Waals surface area contributed by atoms with E-state index in [1.54, 1.807) is 0 Å². The molecular weight excluding hydrogens is 448 g/mol. The van der Waals surface area contributed by atoms with Gasteiger partial charge in [0.1, 0.15) is 22.8 Å². The van der Waals surface area contributed by atoms with Crippen molar-refractivity contribution < 1.29 is 44.4 Å². The van der Waals surface area contributed by atoms with Crippen molar-refractivity contribution in [1.29, 1.82) is 0 Å². The van der Waals surface area contributed by atoms with Gasteiger partial charge >= 0.3 is 0 Å². The van der Waals surface area contributed by atoms with E-state index in [-0.39, 0.29) is 35.1 Å². The first kappa shape index (κ1) is 23.2. The molecule has 3 atom stereocenters. The summed E-state index contributed by atoms with van der Waals surface area (Å²) in [7, 11) is 2.78. The number of aliphatic hydroxyl groups excluding tert-OH is 2. The van der Waals surface area contributed by atoms with Gasteiger partial charge in [-0.2, -0.15) is 0 Å². The predicted molar refractivity (Wildman–Crippen MR) is 114 cm³/mol. The van der Waals surface area contributed by atoms with Crippen LogP contribution in [0.1, 0.15) is 34.3 Å². The number of hydrogen-bond acceptors (Lipinski definition) is 9. The fourth-order valence-corrected chi connectivity index (χ4v) is 5.15. The third kappa shape index (κ3) is 2.97. The molecule has 6 N–H and O–H groups in total. The second kappa shape index (κ2) is 7.52. The van der Waals surface area contributed by atoms with Crippen LogP contribution in [0.2, 0.25) is 0 Å². The van der Waals surface area contributed by atoms with Crippen molar-refractivity contribution in [3.63, 3.8) is 0 Å². The molecule has 0 aromatic heterocycles. The van der Waals surface area contributed by atoms with E-state index < -0.39 is 75.9 Å². The zero-order valence-electron chi connectivity index (χ0n) is 18.3. The van der Waals surface area contributed by atoms with E-state index in [1.165, 1.54) is 20.2 Å². The summed E-state index contributed by atoms with van der Waals surface area (Å²) in [5.74, 6) is -9.26. The normalized spacial score (nSPS) is 26.0. The highest BCUT2D eigenvalue weighted by atomic mass is 16.3. The van der Waals surface area contributed by atoms with Crippen molar-refractivity contribution in [2.45, 2.75) is 24.9 Å². The number of aromatic hydroxyl groups is 1. The monoisotopic (exact) mass is 470 g/mol. The molecule has 4 rings (SSSR count). The minimum absolute atomic E-state index is 0.0649. The number of phenolic OH excluding ortho intramolecular Hbond substituents is 1. The molecule has 2 amide bonds. The van der Waals surface area contributed by atoms with E-state index in [0.29, 0.717) is 0 Å². The number of Topliss-reactive ketones (excluding diaryl/α,β-unsaturated/α-hetero) is 3. The molecule has 1 aromatic rings. The van der Waals surface area contributed by atoms with Gasteiger partial charge in [0.25, 0.3) is 17.6 Å². The van der Waals surface area contributed by atoms with E-state index in [0.717, 1.165) is 11.0 Å². The van der Waals surface area contributed by atoms with Crippen molar-refractivity contribution >= 4 is 34.9 Å². The molecule has 1 saturated carbocycles. The summed E-state index contributed by atoms with van der Waals surface area (Å²) < 4.78 is 0. The third-order valence-electron chi connectivity index (χ3n) is 6.79. The van der Waals surface area contributed by atoms with Crippen LogP contribution in [0, 0.1) is 11.8 Å². The molecule has 1 aromatic carbocycles. The molecule has 0 spiro atoms. The lowest BCUT2D eigenvalue weighted by molar-refractivity contribution is -0.147. The van der Waals surface area contributed by atoms with Gasteiger partial charge in [-0.1, -0.05) is 0 Å². The zero-order valence-corrected chi connectivity index (χ0v) is 18.3. The molecule has 34 heavy (non-hydrogen) atoms. The van der Waals surface area contributed by atoms with Gasteiger partial charge in [0.15, 0.2) is 11.4 Å². The van der Waals surface area contributed by atoms with E-state index in [4.69, 9.17) is 5.73 Å². The van der Waals surface area contributed by atoms with Crippen LogP contribution in [-0.2, 0) is 25.6 Å². The highest BCUT2D eigenvalue weighted by Crippen LogP contribution is 2.52. The predicted octanol–water partition coefficient (Wildman–Crippen LogP) is -0.305. The number of rotatable bonds is 3. The summed E-state index contributed by atoms with van der Waals surface area (Å²) in [6.45, 7) is 0. The quantitative estimate of drug-likeness (QED) is 0.224. The highest BCUT2D eigenvalue weighted by Gasteiger charge is 2.60. The van der Waals surface area contributed by atoms with Crippen molar-refractivity contribution in [3.8, 4) is 5.75 Å². The highest BCUT2D eigenvalue weighted by molar-refractivity contribution is 6.43. The average molecular weight is 470 g/mol. The minimum Gasteiger partial charge on any atom is -0.508 e. The maximum atomic E-state index is 13.4. The van der Waals surface area contributed by atoms with Gasteiger partial charge in [-0.3, -0.25) is 24.0 Å². The number of carbonyl (C=O) groups is 5. The molecule has 0 aliphatic heterocycles. The van der Waals surface area contributed by atoms with Gasteiger partial charge in [-0.25, -0.2) is 0 Å². The van der Waals surface area contributed by atoms with Crippen LogP contribution in [0.4, 0.5) is 0 Å². The molecule has 3 aliphatic rings. The lowest BCUT2D eigenvalue weighted by Crippen LogP contribution is -2.58. The Morgan fingerprint density at radius 2 is 1.74 bits per heavy atom. The molecule has 0 unspecified atom stereocenters. The van der Waals surface area contributed by atoms with Crippen molar-refractivity contribution in [2.75, 3.05) is 14.1 Å². The number of carbonyl (C=O) groups excluding carboxylic acids is 5. The maximum absolute atomic E-state index is 13.4. The van der Waals surface area contributed by atoms with Crippen LogP contribution in [0.25, 0.3) is 5.76 Å². The van der Waals surface area contributed by atoms with Gasteiger partial charge in [-0.05, 0) is 36.5 Å². The van der Waals surface area contributed by atoms with E-state index in [1.807, 2.05) is 0 Å². The SMILES string of the molecule is CN(C)C(=O)C(=O)c1ccc(O)c2c1C[C@H]1C[C@H]3CC(=O)C(C(N)=O)=C(O)[C@@]3(O)C(=O)C1=C2O. The molecule has 0 saturated heterocycles. The molecule has 0 bridgehead atoms. The van der Waals surface area contributed by atoms with Gasteiger partial charge in [0.2, 0.25) is 5.78 Å². The number of nitrogens with zero attached hydrogens (tertiary/aromatic N) is 1. The molecule has 3 aliphatic carbocycles. The van der Waals surface area contributed by atoms with E-state index in [9.17, 15) is 44.4 Å². The zero-order chi connectivity index (χ0) is 25.3. The summed E-state index contributed by atoms with van der Waals surface area (Å²) in [5.41, 5.74) is 1.11. The summed E-state index contributed by atoms with van der Waals surface area (Å²) in [6, 6.07) is 2.34. The standard InChI is InChI=1S/C23H22N2O9/c1-25(2)22(33)17(28)10-3-4-12(26)15-11(10)6-8-5-9-7-13(27)16(21(24)32)20(31)23(9,34)19(30)14(8)18(15)29/h3-4,8-9,26,29,31,34H,5-7H2,1-2H3,(H2,24,32)/t8-,9+,23+/m1/s1. The molecule has 178 valence electrons. The van der Waals surface area contributed by atoms with Crippen LogP contribution in [-0.4, -0.2) is 74.2 Å². The lowest BCUT2D eigenvalue weighted by atomic mass is 9.59. The van der Waals surface area contributed by atoms with Crippen molar-refractivity contribution in [2.24, 2.45) is 17.6 Å². The molecule has 1 fully saturated rings. The Labute approximate surface area is 192 Å². The Morgan fingerprint density at radius 3 is 2.32 bits per heavy atom. The third-order valence-corrected chi connectivity index (χ3v) is 6.79. The van der Waals surface area contributed by atoms with E-state index >= 15 is 0 Å². The molecular formula is C23H22N2O9. The summed E-state index contributed by atoms with van der Waals surface area (Å²) >= 11 is 0. The smallest absolute Gasteiger partial charge is 0.294 e. The van der Waals surface area contributed by atoms with Gasteiger partial charge in [0, 0.05) is 37.6 Å². The second-order valence-corrected chi connectivity index (χ2v) is 8.92. The molecule has 0 radical (unpaired) electrons. The maximum Gasteiger partial charge on any atom is 0.294 e. The van der Waals surface area contributed by atoms with Crippen LogP contribution < -0.4 is 5.73 Å². The number of nitrogens with two attached hydrogens (primary N) is 1. The number of amides is 2. The fraction of sp³-hybridized carbons (Fsp3) is 0.348. The number of hydrogen-bond donors (Lipinski definition) is 5. The molecule has 11 heteroatoms. The number of benzene rings is 1. The topological polar surface area (TPSA) is 196 Å². The number of phenols is 1. The Morgan fingerprint density at radius 1 is 1.09 bits per heavy atom. The number of likely N-dealkylation sites (N-methyl/N-ethyl adjacent to an activating group) is 1. The van der Waals surface area contributed by atoms with Gasteiger partial charge < -0.3 is 31.1 Å². The Bertz CT molecular complexity index is 1270. The summed E-state index contributed by atoms with van der Waals surface area (Å²) in [5, 5.41) is 43.1. The van der Waals surface area contributed by atoms with Gasteiger partial charge in [-0.15, -0.1) is 0 Å². The summed E-state index contributed by atoms with van der Waals surface area (Å²) in [4.78, 5) is 63.6.